The first-order valence-electron chi connectivity index (χ1n) is 9.82. The Balaban J connectivity index is 1.61. The summed E-state index contributed by atoms with van der Waals surface area (Å²) in [6.45, 7) is -0.957. The molecule has 2 aromatic heterocycles. The van der Waals surface area contributed by atoms with Crippen molar-refractivity contribution < 1.29 is 66.4 Å². The molecule has 22 heteroatoms. The van der Waals surface area contributed by atoms with Crippen molar-refractivity contribution in [3.8, 4) is 0 Å². The highest BCUT2D eigenvalue weighted by atomic mass is 31.3. The van der Waals surface area contributed by atoms with Gasteiger partial charge < -0.3 is 40.5 Å². The van der Waals surface area contributed by atoms with Crippen molar-refractivity contribution >= 4 is 46.2 Å². The molecule has 3 heterocycles. The normalized spacial score (nSPS) is 27.4. The van der Waals surface area contributed by atoms with Crippen molar-refractivity contribution in [2.24, 2.45) is 0 Å². The molecule has 7 atom stereocenters. The number of anilines is 1. The van der Waals surface area contributed by atoms with Gasteiger partial charge >= 0.3 is 29.2 Å². The zero-order valence-corrected chi connectivity index (χ0v) is 20.6. The number of rotatable bonds is 12. The van der Waals surface area contributed by atoms with Gasteiger partial charge in [-0.3, -0.25) is 18.5 Å². The van der Waals surface area contributed by atoms with Crippen LogP contribution in [0.2, 0.25) is 0 Å². The zero-order valence-electron chi connectivity index (χ0n) is 17.9. The Morgan fingerprint density at radius 1 is 1.08 bits per heavy atom. The van der Waals surface area contributed by atoms with Crippen LogP contribution in [0.15, 0.2) is 12.7 Å². The highest BCUT2D eigenvalue weighted by Crippen LogP contribution is 2.67. The van der Waals surface area contributed by atoms with E-state index >= 15 is 0 Å². The Bertz CT molecular complexity index is 1260. The number of ether oxygens (including phenoxy) is 1. The maximum atomic E-state index is 12.1. The second-order valence-electron chi connectivity index (χ2n) is 7.38. The van der Waals surface area contributed by atoms with Crippen LogP contribution in [0.5, 0.6) is 0 Å². The van der Waals surface area contributed by atoms with Gasteiger partial charge in [-0.25, -0.2) is 28.4 Å². The number of nitrogen functional groups attached to an aromatic ring is 1. The molecule has 0 aliphatic carbocycles. The van der Waals surface area contributed by atoms with Gasteiger partial charge in [-0.05, 0) is 6.42 Å². The number of phosphoric acid groups is 2. The molecule has 2 aromatic rings. The molecule has 0 radical (unpaired) electrons. The number of aliphatic hydroxyl groups is 2. The standard InChI is InChI=1S/C14H22N5O14P3/c15-12-9-13(17-5-16-12)19(6-18-9)14-11(23)10(22)7(31-14)4-30-35(26,27)33-36(28,29)32-34(24,25)3-1-2-8(20)21/h5-7,10-11,14,22-23H,1-4H2,(H,20,21)(H,24,25)(H,26,27)(H,28,29)(H2,15,16,17). The van der Waals surface area contributed by atoms with Crippen molar-refractivity contribution in [3.63, 3.8) is 0 Å². The Kier molecular flexibility index (Phi) is 8.67. The first-order chi connectivity index (χ1) is 16.6. The van der Waals surface area contributed by atoms with Crippen LogP contribution >= 0.6 is 23.2 Å². The highest BCUT2D eigenvalue weighted by molar-refractivity contribution is 7.68. The predicted octanol–water partition coefficient (Wildman–Crippen LogP) is -0.672. The van der Waals surface area contributed by atoms with E-state index in [1.165, 1.54) is 10.9 Å². The van der Waals surface area contributed by atoms with Crippen LogP contribution in [0.4, 0.5) is 5.82 Å². The highest BCUT2D eigenvalue weighted by Gasteiger charge is 2.47. The molecule has 36 heavy (non-hydrogen) atoms. The first kappa shape index (κ1) is 28.7. The molecular weight excluding hydrogens is 555 g/mol. The summed E-state index contributed by atoms with van der Waals surface area (Å²) in [6.07, 6.45) is -5.54. The molecule has 0 spiro atoms. The summed E-state index contributed by atoms with van der Waals surface area (Å²) in [5.74, 6) is -1.26. The van der Waals surface area contributed by atoms with Gasteiger partial charge in [0.05, 0.1) is 19.1 Å². The third-order valence-corrected chi connectivity index (χ3v) is 9.52. The van der Waals surface area contributed by atoms with Crippen LogP contribution < -0.4 is 5.73 Å². The molecule has 1 saturated heterocycles. The molecule has 1 aliphatic heterocycles. The smallest absolute Gasteiger partial charge is 0.481 e. The van der Waals surface area contributed by atoms with Crippen LogP contribution in [0.25, 0.3) is 11.2 Å². The number of nitrogens with two attached hydrogens (primary N) is 1. The number of fused-ring (bicyclic) bond motifs is 1. The number of phosphoric ester groups is 1. The summed E-state index contributed by atoms with van der Waals surface area (Å²) < 4.78 is 55.0. The van der Waals surface area contributed by atoms with E-state index in [-0.39, 0.29) is 17.0 Å². The summed E-state index contributed by atoms with van der Waals surface area (Å²) in [5, 5.41) is 29.1. The Labute approximate surface area is 201 Å². The lowest BCUT2D eigenvalue weighted by molar-refractivity contribution is -0.137. The number of aliphatic hydroxyl groups excluding tert-OH is 2. The minimum Gasteiger partial charge on any atom is -0.481 e. The van der Waals surface area contributed by atoms with Crippen molar-refractivity contribution in [1.82, 2.24) is 19.5 Å². The maximum Gasteiger partial charge on any atom is 0.488 e. The van der Waals surface area contributed by atoms with E-state index in [9.17, 15) is 43.4 Å². The summed E-state index contributed by atoms with van der Waals surface area (Å²) >= 11 is 0. The monoisotopic (exact) mass is 577 g/mol. The van der Waals surface area contributed by atoms with Gasteiger partial charge in [-0.1, -0.05) is 0 Å². The molecule has 0 saturated carbocycles. The summed E-state index contributed by atoms with van der Waals surface area (Å²) in [5.41, 5.74) is 6.02. The quantitative estimate of drug-likeness (QED) is 0.154. The number of carbonyl (C=O) groups is 1. The number of hydrogen-bond acceptors (Lipinski definition) is 14. The van der Waals surface area contributed by atoms with E-state index in [1.807, 2.05) is 0 Å². The van der Waals surface area contributed by atoms with Gasteiger partial charge in [0.2, 0.25) is 0 Å². The Morgan fingerprint density at radius 2 is 1.78 bits per heavy atom. The second-order valence-corrected chi connectivity index (χ2v) is 12.5. The molecule has 7 unspecified atom stereocenters. The minimum atomic E-state index is -5.66. The molecular formula is C14H22N5O14P3. The fourth-order valence-electron chi connectivity index (χ4n) is 3.12. The van der Waals surface area contributed by atoms with E-state index in [4.69, 9.17) is 15.6 Å². The van der Waals surface area contributed by atoms with Gasteiger partial charge in [0.15, 0.2) is 17.7 Å². The van der Waals surface area contributed by atoms with Crippen molar-refractivity contribution in [2.75, 3.05) is 18.5 Å². The SMILES string of the molecule is Nc1ncnc2c1ncn2C1OC(COP(=O)(O)OP(=O)(O)OP(=O)(O)CCCC(=O)O)C(O)C1O. The lowest BCUT2D eigenvalue weighted by Crippen LogP contribution is -2.33. The number of carboxylic acid groups (broad SMARTS) is 1. The first-order valence-corrected chi connectivity index (χ1v) is 14.6. The Hall–Kier alpha value is -1.85. The molecule has 8 N–H and O–H groups in total. The van der Waals surface area contributed by atoms with Gasteiger partial charge in [0, 0.05) is 6.42 Å². The molecule has 0 aromatic carbocycles. The third-order valence-electron chi connectivity index (χ3n) is 4.67. The fourth-order valence-corrected chi connectivity index (χ4v) is 7.25. The van der Waals surface area contributed by atoms with Gasteiger partial charge in [-0.2, -0.15) is 4.31 Å². The molecule has 1 aliphatic rings. The Morgan fingerprint density at radius 3 is 2.44 bits per heavy atom. The second kappa shape index (κ2) is 10.9. The zero-order chi connectivity index (χ0) is 26.9. The lowest BCUT2D eigenvalue weighted by atomic mass is 10.1. The third kappa shape index (κ3) is 7.13. The van der Waals surface area contributed by atoms with Gasteiger partial charge in [0.25, 0.3) is 0 Å². The van der Waals surface area contributed by atoms with Crippen LogP contribution in [-0.2, 0) is 36.4 Å². The van der Waals surface area contributed by atoms with Crippen LogP contribution in [0.1, 0.15) is 19.1 Å². The average Bonchev–Trinajstić information content (AvgIpc) is 3.27. The van der Waals surface area contributed by atoms with Crippen LogP contribution in [0, 0.1) is 0 Å². The number of nitrogens with zero attached hydrogens (tertiary/aromatic N) is 4. The number of aliphatic carboxylic acids is 1. The topological polar surface area (TPSA) is 296 Å². The van der Waals surface area contributed by atoms with E-state index in [0.29, 0.717) is 0 Å². The number of carboxylic acids is 1. The molecule has 202 valence electrons. The number of aromatic nitrogens is 4. The van der Waals surface area contributed by atoms with Crippen LogP contribution in [-0.4, -0.2) is 86.6 Å². The van der Waals surface area contributed by atoms with Crippen LogP contribution in [0.3, 0.4) is 0 Å². The summed E-state index contributed by atoms with van der Waals surface area (Å²) in [6, 6.07) is 0. The minimum absolute atomic E-state index is 0.0370. The van der Waals surface area contributed by atoms with E-state index in [1.54, 1.807) is 0 Å². The van der Waals surface area contributed by atoms with Crippen molar-refractivity contribution in [1.29, 1.82) is 0 Å². The summed E-state index contributed by atoms with van der Waals surface area (Å²) in [7, 11) is -16.0. The van der Waals surface area contributed by atoms with E-state index in [2.05, 4.69) is 28.1 Å². The molecule has 3 rings (SSSR count). The van der Waals surface area contributed by atoms with Crippen molar-refractivity contribution in [2.45, 2.75) is 37.4 Å². The maximum absolute atomic E-state index is 12.1. The fraction of sp³-hybridized carbons (Fsp3) is 0.571. The molecule has 0 amide bonds. The number of hydrogen-bond donors (Lipinski definition) is 7. The number of imidazole rings is 1. The summed E-state index contributed by atoms with van der Waals surface area (Å²) in [4.78, 5) is 51.0. The van der Waals surface area contributed by atoms with Crippen molar-refractivity contribution in [3.05, 3.63) is 12.7 Å². The molecule has 1 fully saturated rings. The molecule has 19 nitrogen and oxygen atoms in total. The van der Waals surface area contributed by atoms with E-state index in [0.717, 1.165) is 6.33 Å². The average molecular weight is 577 g/mol. The lowest BCUT2D eigenvalue weighted by Gasteiger charge is -2.20. The largest absolute Gasteiger partial charge is 0.488 e. The van der Waals surface area contributed by atoms with E-state index < -0.39 is 79.4 Å². The molecule has 0 bridgehead atoms. The van der Waals surface area contributed by atoms with Gasteiger partial charge in [0.1, 0.15) is 30.2 Å². The predicted molar refractivity (Wildman–Crippen MR) is 115 cm³/mol. The van der Waals surface area contributed by atoms with Gasteiger partial charge in [-0.15, -0.1) is 0 Å².